The van der Waals surface area contributed by atoms with Crippen molar-refractivity contribution in [3.63, 3.8) is 0 Å². The van der Waals surface area contributed by atoms with Crippen LogP contribution < -0.4 is 10.6 Å². The molecule has 0 aromatic heterocycles. The van der Waals surface area contributed by atoms with Crippen molar-refractivity contribution in [3.8, 4) is 0 Å². The van der Waals surface area contributed by atoms with E-state index in [0.717, 1.165) is 4.90 Å². The largest absolute Gasteiger partial charge is 0.457 e. The van der Waals surface area contributed by atoms with Crippen molar-refractivity contribution in [1.29, 1.82) is 0 Å². The van der Waals surface area contributed by atoms with Crippen LogP contribution in [0.3, 0.4) is 0 Å². The highest BCUT2D eigenvalue weighted by Crippen LogP contribution is 2.22. The topological polar surface area (TPSA) is 102 Å². The van der Waals surface area contributed by atoms with E-state index in [1.165, 1.54) is 43.8 Å². The van der Waals surface area contributed by atoms with Crippen LogP contribution in [0.15, 0.2) is 53.4 Å². The van der Waals surface area contributed by atoms with Crippen LogP contribution in [0.5, 0.6) is 0 Å². The molecule has 0 aliphatic heterocycles. The number of thioether (sulfide) groups is 1. The lowest BCUT2D eigenvalue weighted by atomic mass is 10.1. The summed E-state index contributed by atoms with van der Waals surface area (Å²) in [4.78, 5) is 47.8. The summed E-state index contributed by atoms with van der Waals surface area (Å²) in [6, 6.07) is 13.8. The molecular formula is C20H20N2O5S. The smallest absolute Gasteiger partial charge is 0.316 e. The Morgan fingerprint density at radius 1 is 0.929 bits per heavy atom. The first-order chi connectivity index (χ1) is 13.3. The molecule has 146 valence electrons. The van der Waals surface area contributed by atoms with Crippen molar-refractivity contribution < 1.29 is 23.9 Å². The first kappa shape index (κ1) is 21.2. The molecule has 0 spiro atoms. The highest BCUT2D eigenvalue weighted by molar-refractivity contribution is 8.00. The van der Waals surface area contributed by atoms with Crippen molar-refractivity contribution in [2.45, 2.75) is 18.7 Å². The number of esters is 1. The summed E-state index contributed by atoms with van der Waals surface area (Å²) in [5.74, 6) is -1.55. The van der Waals surface area contributed by atoms with E-state index in [-0.39, 0.29) is 28.8 Å². The minimum atomic E-state index is -0.516. The predicted octanol–water partition coefficient (Wildman–Crippen LogP) is 3.12. The van der Waals surface area contributed by atoms with Gasteiger partial charge in [0.1, 0.15) is 0 Å². The maximum atomic E-state index is 12.4. The summed E-state index contributed by atoms with van der Waals surface area (Å²) in [6.45, 7) is 2.21. The number of nitrogens with one attached hydrogen (secondary N) is 2. The Bertz CT molecular complexity index is 883. The maximum Gasteiger partial charge on any atom is 0.316 e. The highest BCUT2D eigenvalue weighted by Gasteiger charge is 2.16. The van der Waals surface area contributed by atoms with Gasteiger partial charge >= 0.3 is 5.97 Å². The number of hydrogen-bond acceptors (Lipinski definition) is 6. The molecule has 8 heteroatoms. The fourth-order valence-electron chi connectivity index (χ4n) is 2.29. The van der Waals surface area contributed by atoms with Crippen molar-refractivity contribution in [3.05, 3.63) is 54.1 Å². The molecule has 0 saturated carbocycles. The predicted molar refractivity (Wildman–Crippen MR) is 108 cm³/mol. The minimum Gasteiger partial charge on any atom is -0.457 e. The number of Topliss-reactive ketones (excluding diaryl/α,β-unsaturated/α-hetero) is 1. The molecule has 7 nitrogen and oxygen atoms in total. The van der Waals surface area contributed by atoms with Crippen molar-refractivity contribution in [2.75, 3.05) is 23.0 Å². The lowest BCUT2D eigenvalue weighted by Gasteiger charge is -2.12. The lowest BCUT2D eigenvalue weighted by Crippen LogP contribution is -2.18. The fourth-order valence-corrected chi connectivity index (χ4v) is 3.00. The van der Waals surface area contributed by atoms with Crippen LogP contribution in [-0.2, 0) is 19.1 Å². The average Bonchev–Trinajstić information content (AvgIpc) is 2.64. The number of ether oxygens (including phenoxy) is 1. The van der Waals surface area contributed by atoms with Gasteiger partial charge in [-0.1, -0.05) is 18.2 Å². The molecule has 0 fully saturated rings. The van der Waals surface area contributed by atoms with Crippen LogP contribution >= 0.6 is 11.8 Å². The zero-order chi connectivity index (χ0) is 20.5. The summed E-state index contributed by atoms with van der Waals surface area (Å²) < 4.78 is 5.04. The molecule has 0 saturated heterocycles. The van der Waals surface area contributed by atoms with Gasteiger partial charge in [-0.25, -0.2) is 0 Å². The Hall–Kier alpha value is -3.13. The minimum absolute atomic E-state index is 0.0807. The van der Waals surface area contributed by atoms with Crippen LogP contribution in [-0.4, -0.2) is 35.9 Å². The van der Waals surface area contributed by atoms with E-state index in [4.69, 9.17) is 4.74 Å². The van der Waals surface area contributed by atoms with Crippen LogP contribution in [0.25, 0.3) is 0 Å². The Morgan fingerprint density at radius 3 is 2.25 bits per heavy atom. The molecule has 0 aliphatic carbocycles. The van der Waals surface area contributed by atoms with Gasteiger partial charge in [-0.15, -0.1) is 11.8 Å². The van der Waals surface area contributed by atoms with Gasteiger partial charge in [0, 0.05) is 30.0 Å². The van der Waals surface area contributed by atoms with Gasteiger partial charge in [-0.05, 0) is 30.3 Å². The second kappa shape index (κ2) is 10.3. The van der Waals surface area contributed by atoms with Gasteiger partial charge in [0.15, 0.2) is 6.61 Å². The second-order valence-corrected chi connectivity index (χ2v) is 6.86. The van der Waals surface area contributed by atoms with E-state index in [1.54, 1.807) is 0 Å². The van der Waals surface area contributed by atoms with E-state index in [1.807, 2.05) is 30.3 Å². The van der Waals surface area contributed by atoms with Crippen LogP contribution in [0.2, 0.25) is 0 Å². The first-order valence-corrected chi connectivity index (χ1v) is 9.39. The third-order valence-electron chi connectivity index (χ3n) is 3.42. The number of ketones is 1. The summed E-state index contributed by atoms with van der Waals surface area (Å²) in [7, 11) is 0. The summed E-state index contributed by atoms with van der Waals surface area (Å²) >= 11 is 1.31. The average molecular weight is 400 g/mol. The van der Waals surface area contributed by atoms with E-state index < -0.39 is 18.4 Å². The number of rotatable bonds is 8. The monoisotopic (exact) mass is 400 g/mol. The molecule has 0 bridgehead atoms. The molecule has 0 heterocycles. The molecule has 2 amide bonds. The molecule has 2 rings (SSSR count). The zero-order valence-electron chi connectivity index (χ0n) is 15.5. The lowest BCUT2D eigenvalue weighted by molar-refractivity contribution is -0.139. The van der Waals surface area contributed by atoms with Crippen LogP contribution in [0, 0.1) is 0 Å². The van der Waals surface area contributed by atoms with Crippen LogP contribution in [0.4, 0.5) is 11.4 Å². The SMILES string of the molecule is CC(=O)Nc1ccc(C(=O)COC(=O)CSc2ccccc2)c(NC(C)=O)c1. The summed E-state index contributed by atoms with van der Waals surface area (Å²) in [6.07, 6.45) is 0. The van der Waals surface area contributed by atoms with E-state index in [9.17, 15) is 19.2 Å². The highest BCUT2D eigenvalue weighted by atomic mass is 32.2. The Balaban J connectivity index is 1.98. The summed E-state index contributed by atoms with van der Waals surface area (Å²) in [5.41, 5.74) is 0.857. The van der Waals surface area contributed by atoms with Crippen molar-refractivity contribution in [1.82, 2.24) is 0 Å². The molecule has 0 radical (unpaired) electrons. The van der Waals surface area contributed by atoms with Gasteiger partial charge in [0.2, 0.25) is 17.6 Å². The normalized spacial score (nSPS) is 10.1. The Kier molecular flexibility index (Phi) is 7.76. The molecule has 0 aliphatic rings. The molecular weight excluding hydrogens is 380 g/mol. The standard InChI is InChI=1S/C20H20N2O5S/c1-13(23)21-15-8-9-17(18(10-15)22-14(2)24)19(25)11-27-20(26)12-28-16-6-4-3-5-7-16/h3-10H,11-12H2,1-2H3,(H,21,23)(H,22,24). The number of hydrogen-bond donors (Lipinski definition) is 2. The van der Waals surface area contributed by atoms with E-state index >= 15 is 0 Å². The Labute approximate surface area is 166 Å². The fraction of sp³-hybridized carbons (Fsp3) is 0.200. The van der Waals surface area contributed by atoms with E-state index in [2.05, 4.69) is 10.6 Å². The third-order valence-corrected chi connectivity index (χ3v) is 4.40. The molecule has 2 aromatic carbocycles. The van der Waals surface area contributed by atoms with Gasteiger partial charge in [-0.3, -0.25) is 19.2 Å². The second-order valence-electron chi connectivity index (χ2n) is 5.81. The first-order valence-electron chi connectivity index (χ1n) is 8.41. The maximum absolute atomic E-state index is 12.4. The van der Waals surface area contributed by atoms with E-state index in [0.29, 0.717) is 5.69 Å². The van der Waals surface area contributed by atoms with Gasteiger partial charge in [0.05, 0.1) is 11.4 Å². The third kappa shape index (κ3) is 6.88. The van der Waals surface area contributed by atoms with Crippen molar-refractivity contribution >= 4 is 46.7 Å². The number of amides is 2. The number of carbonyl (C=O) groups is 4. The molecule has 0 unspecified atom stereocenters. The van der Waals surface area contributed by atoms with Crippen molar-refractivity contribution in [2.24, 2.45) is 0 Å². The van der Waals surface area contributed by atoms with Crippen LogP contribution in [0.1, 0.15) is 24.2 Å². The Morgan fingerprint density at radius 2 is 1.61 bits per heavy atom. The number of anilines is 2. The number of carbonyl (C=O) groups excluding carboxylic acids is 4. The summed E-state index contributed by atoms with van der Waals surface area (Å²) in [5, 5.41) is 5.12. The molecule has 2 aromatic rings. The zero-order valence-corrected chi connectivity index (χ0v) is 16.3. The van der Waals surface area contributed by atoms with Gasteiger partial charge < -0.3 is 15.4 Å². The van der Waals surface area contributed by atoms with Gasteiger partial charge in [-0.2, -0.15) is 0 Å². The number of benzene rings is 2. The quantitative estimate of drug-likeness (QED) is 0.401. The molecule has 0 atom stereocenters. The molecule has 28 heavy (non-hydrogen) atoms. The van der Waals surface area contributed by atoms with Gasteiger partial charge in [0.25, 0.3) is 0 Å². The molecule has 2 N–H and O–H groups in total.